The first-order valence-electron chi connectivity index (χ1n) is 9.00. The third-order valence-electron chi connectivity index (χ3n) is 4.33. The van der Waals surface area contributed by atoms with Crippen molar-refractivity contribution >= 4 is 17.3 Å². The van der Waals surface area contributed by atoms with Crippen LogP contribution in [0.2, 0.25) is 0 Å². The Labute approximate surface area is 162 Å². The molecule has 2 aromatic rings. The quantitative estimate of drug-likeness (QED) is 0.779. The number of nitrogens with zero attached hydrogens (tertiary/aromatic N) is 1. The summed E-state index contributed by atoms with van der Waals surface area (Å²) >= 11 is 0. The number of benzene rings is 2. The van der Waals surface area contributed by atoms with Crippen LogP contribution in [0.3, 0.4) is 0 Å². The number of anilines is 1. The Kier molecular flexibility index (Phi) is 5.14. The fraction of sp³-hybridized carbons (Fsp3) is 0.238. The van der Waals surface area contributed by atoms with Crippen molar-refractivity contribution in [3.05, 3.63) is 60.7 Å². The van der Waals surface area contributed by atoms with Gasteiger partial charge in [0.2, 0.25) is 6.10 Å². The summed E-state index contributed by atoms with van der Waals surface area (Å²) in [5.41, 5.74) is 2.23. The van der Waals surface area contributed by atoms with Crippen LogP contribution in [0.5, 0.6) is 17.2 Å². The summed E-state index contributed by atoms with van der Waals surface area (Å²) in [6.45, 7) is 5.09. The molecule has 2 aliphatic heterocycles. The van der Waals surface area contributed by atoms with E-state index in [1.54, 1.807) is 24.3 Å². The summed E-state index contributed by atoms with van der Waals surface area (Å²) in [5.74, 6) is 1.78. The molecular formula is C21H20N2O5. The van der Waals surface area contributed by atoms with E-state index in [-0.39, 0.29) is 5.91 Å². The van der Waals surface area contributed by atoms with Crippen LogP contribution in [0.15, 0.2) is 60.3 Å². The van der Waals surface area contributed by atoms with Crippen molar-refractivity contribution in [2.45, 2.75) is 12.5 Å². The molecule has 0 radical (unpaired) electrons. The van der Waals surface area contributed by atoms with Crippen LogP contribution in [0.25, 0.3) is 0 Å². The van der Waals surface area contributed by atoms with E-state index in [9.17, 15) is 4.79 Å². The van der Waals surface area contributed by atoms with Crippen molar-refractivity contribution in [2.75, 3.05) is 25.1 Å². The third kappa shape index (κ3) is 3.93. The van der Waals surface area contributed by atoms with Gasteiger partial charge in [-0.25, -0.2) is 0 Å². The summed E-state index contributed by atoms with van der Waals surface area (Å²) < 4.78 is 16.5. The van der Waals surface area contributed by atoms with Crippen molar-refractivity contribution in [3.8, 4) is 17.2 Å². The molecule has 144 valence electrons. The first kappa shape index (κ1) is 17.9. The van der Waals surface area contributed by atoms with E-state index in [1.807, 2.05) is 24.3 Å². The minimum Gasteiger partial charge on any atom is -0.490 e. The average molecular weight is 380 g/mol. The summed E-state index contributed by atoms with van der Waals surface area (Å²) in [6.07, 6.45) is 1.40. The van der Waals surface area contributed by atoms with Crippen molar-refractivity contribution in [3.63, 3.8) is 0 Å². The second kappa shape index (κ2) is 8.04. The van der Waals surface area contributed by atoms with Crippen LogP contribution >= 0.6 is 0 Å². The van der Waals surface area contributed by atoms with E-state index < -0.39 is 6.10 Å². The predicted octanol–water partition coefficient (Wildman–Crippen LogP) is 3.15. The Balaban J connectivity index is 1.35. The van der Waals surface area contributed by atoms with Crippen LogP contribution in [0, 0.1) is 0 Å². The number of carbonyl (C=O) groups excluding carboxylic acids is 1. The standard InChI is InChI=1S/C21H20N2O5/c1-2-9-25-16-6-3-14(4-7-16)17-13-20(28-23-17)21(24)22-15-5-8-18-19(12-15)27-11-10-26-18/h2-8,12,20H,1,9-11,13H2,(H,22,24)/t20-/m0/s1. The highest BCUT2D eigenvalue weighted by atomic mass is 16.6. The number of hydrogen-bond acceptors (Lipinski definition) is 6. The van der Waals surface area contributed by atoms with Gasteiger partial charge < -0.3 is 24.4 Å². The monoisotopic (exact) mass is 380 g/mol. The Hall–Kier alpha value is -3.48. The molecule has 4 rings (SSSR count). The number of carbonyl (C=O) groups is 1. The molecule has 0 saturated heterocycles. The van der Waals surface area contributed by atoms with Crippen LogP contribution in [0.4, 0.5) is 5.69 Å². The van der Waals surface area contributed by atoms with Gasteiger partial charge in [0.05, 0.1) is 5.71 Å². The molecule has 1 atom stereocenters. The van der Waals surface area contributed by atoms with E-state index in [0.717, 1.165) is 17.0 Å². The van der Waals surface area contributed by atoms with Crippen molar-refractivity contribution in [1.82, 2.24) is 0 Å². The number of rotatable bonds is 6. The van der Waals surface area contributed by atoms with Crippen molar-refractivity contribution in [1.29, 1.82) is 0 Å². The van der Waals surface area contributed by atoms with Crippen LogP contribution in [0.1, 0.15) is 12.0 Å². The lowest BCUT2D eigenvalue weighted by Crippen LogP contribution is -2.28. The van der Waals surface area contributed by atoms with E-state index in [0.29, 0.717) is 43.4 Å². The summed E-state index contributed by atoms with van der Waals surface area (Å²) in [7, 11) is 0. The lowest BCUT2D eigenvalue weighted by molar-refractivity contribution is -0.125. The Morgan fingerprint density at radius 3 is 2.75 bits per heavy atom. The zero-order chi connectivity index (χ0) is 19.3. The third-order valence-corrected chi connectivity index (χ3v) is 4.33. The molecule has 7 nitrogen and oxygen atoms in total. The highest BCUT2D eigenvalue weighted by molar-refractivity contribution is 6.06. The van der Waals surface area contributed by atoms with E-state index in [4.69, 9.17) is 19.0 Å². The number of fused-ring (bicyclic) bond motifs is 1. The SMILES string of the molecule is C=CCOc1ccc(C2=NO[C@H](C(=O)Nc3ccc4c(c3)OCCO4)C2)cc1. The van der Waals surface area contributed by atoms with Crippen LogP contribution < -0.4 is 19.5 Å². The summed E-state index contributed by atoms with van der Waals surface area (Å²) in [4.78, 5) is 17.9. The zero-order valence-corrected chi connectivity index (χ0v) is 15.2. The predicted molar refractivity (Wildman–Crippen MR) is 104 cm³/mol. The number of amides is 1. The first-order chi connectivity index (χ1) is 13.7. The van der Waals surface area contributed by atoms with Crippen LogP contribution in [-0.2, 0) is 9.63 Å². The first-order valence-corrected chi connectivity index (χ1v) is 9.00. The molecule has 2 heterocycles. The Bertz CT molecular complexity index is 908. The minimum atomic E-state index is -0.681. The number of hydrogen-bond donors (Lipinski definition) is 1. The second-order valence-electron chi connectivity index (χ2n) is 6.31. The van der Waals surface area contributed by atoms with Gasteiger partial charge in [0.25, 0.3) is 5.91 Å². The molecule has 0 bridgehead atoms. The molecule has 0 unspecified atom stereocenters. The van der Waals surface area contributed by atoms with Gasteiger partial charge >= 0.3 is 0 Å². The van der Waals surface area contributed by atoms with E-state index in [2.05, 4.69) is 17.1 Å². The van der Waals surface area contributed by atoms with Gasteiger partial charge in [-0.1, -0.05) is 17.8 Å². The molecule has 1 N–H and O–H groups in total. The largest absolute Gasteiger partial charge is 0.490 e. The maximum atomic E-state index is 12.5. The average Bonchev–Trinajstić information content (AvgIpc) is 3.23. The van der Waals surface area contributed by atoms with Gasteiger partial charge in [0.1, 0.15) is 25.6 Å². The fourth-order valence-electron chi connectivity index (χ4n) is 2.93. The molecule has 2 aromatic carbocycles. The molecule has 28 heavy (non-hydrogen) atoms. The summed E-state index contributed by atoms with van der Waals surface area (Å²) in [5, 5.41) is 6.90. The highest BCUT2D eigenvalue weighted by Crippen LogP contribution is 2.32. The lowest BCUT2D eigenvalue weighted by atomic mass is 10.0. The van der Waals surface area contributed by atoms with E-state index >= 15 is 0 Å². The summed E-state index contributed by atoms with van der Waals surface area (Å²) in [6, 6.07) is 12.8. The van der Waals surface area contributed by atoms with E-state index in [1.165, 1.54) is 0 Å². The van der Waals surface area contributed by atoms with Crippen molar-refractivity contribution in [2.24, 2.45) is 5.16 Å². The normalized spacial score (nSPS) is 17.3. The minimum absolute atomic E-state index is 0.263. The zero-order valence-electron chi connectivity index (χ0n) is 15.2. The molecule has 0 spiro atoms. The fourth-order valence-corrected chi connectivity index (χ4v) is 2.93. The number of ether oxygens (including phenoxy) is 3. The van der Waals surface area contributed by atoms with Gasteiger partial charge in [-0.15, -0.1) is 0 Å². The van der Waals surface area contributed by atoms with Crippen LogP contribution in [-0.4, -0.2) is 37.5 Å². The molecule has 0 saturated carbocycles. The number of oxime groups is 1. The Morgan fingerprint density at radius 1 is 1.18 bits per heavy atom. The molecular weight excluding hydrogens is 360 g/mol. The molecule has 0 aromatic heterocycles. The smallest absolute Gasteiger partial charge is 0.268 e. The molecule has 0 fully saturated rings. The maximum Gasteiger partial charge on any atom is 0.268 e. The molecule has 1 amide bonds. The topological polar surface area (TPSA) is 78.4 Å². The van der Waals surface area contributed by atoms with Crippen molar-refractivity contribution < 1.29 is 23.8 Å². The molecule has 0 aliphatic carbocycles. The Morgan fingerprint density at radius 2 is 1.96 bits per heavy atom. The maximum absolute atomic E-state index is 12.5. The van der Waals surface area contributed by atoms with Gasteiger partial charge in [0, 0.05) is 18.2 Å². The second-order valence-corrected chi connectivity index (χ2v) is 6.31. The highest BCUT2D eigenvalue weighted by Gasteiger charge is 2.29. The lowest BCUT2D eigenvalue weighted by Gasteiger charge is -2.19. The van der Waals surface area contributed by atoms with Gasteiger partial charge in [-0.2, -0.15) is 0 Å². The molecule has 7 heteroatoms. The van der Waals surface area contributed by atoms with Gasteiger partial charge in [-0.05, 0) is 42.0 Å². The van der Waals surface area contributed by atoms with Gasteiger partial charge in [-0.3, -0.25) is 4.79 Å². The molecule has 2 aliphatic rings. The number of nitrogens with one attached hydrogen (secondary N) is 1. The van der Waals surface area contributed by atoms with Gasteiger partial charge in [0.15, 0.2) is 11.5 Å².